The van der Waals surface area contributed by atoms with Gasteiger partial charge in [0.1, 0.15) is 29.8 Å². The van der Waals surface area contributed by atoms with Crippen LogP contribution in [0.15, 0.2) is 36.9 Å². The number of hydrogen-bond donors (Lipinski definition) is 2. The van der Waals surface area contributed by atoms with Gasteiger partial charge in [-0.2, -0.15) is 0 Å². The van der Waals surface area contributed by atoms with E-state index >= 15 is 0 Å². The smallest absolute Gasteiger partial charge is 0.343 e. The molecule has 14 heteroatoms. The van der Waals surface area contributed by atoms with Crippen molar-refractivity contribution in [3.8, 4) is 5.75 Å². The van der Waals surface area contributed by atoms with Crippen LogP contribution in [0.1, 0.15) is 20.8 Å². The first kappa shape index (κ1) is 26.0. The summed E-state index contributed by atoms with van der Waals surface area (Å²) in [7, 11) is -3.89. The van der Waals surface area contributed by atoms with Gasteiger partial charge in [-0.15, -0.1) is 0 Å². The van der Waals surface area contributed by atoms with E-state index in [4.69, 9.17) is 24.5 Å². The zero-order valence-electron chi connectivity index (χ0n) is 20.1. The molecule has 1 aliphatic rings. The summed E-state index contributed by atoms with van der Waals surface area (Å²) in [5.41, 5.74) is 5.48. The van der Waals surface area contributed by atoms with Crippen molar-refractivity contribution in [3.05, 3.63) is 42.7 Å². The van der Waals surface area contributed by atoms with Crippen molar-refractivity contribution in [2.45, 2.75) is 45.1 Å². The van der Waals surface area contributed by atoms with Gasteiger partial charge in [-0.3, -0.25) is 4.57 Å². The molecule has 1 aliphatic heterocycles. The van der Waals surface area contributed by atoms with Crippen LogP contribution in [0.5, 0.6) is 5.75 Å². The van der Waals surface area contributed by atoms with Crippen molar-refractivity contribution in [2.75, 3.05) is 25.3 Å². The van der Waals surface area contributed by atoms with Crippen LogP contribution in [-0.4, -0.2) is 62.8 Å². The first-order valence-electron chi connectivity index (χ1n) is 11.2. The van der Waals surface area contributed by atoms with Gasteiger partial charge in [0.15, 0.2) is 17.0 Å². The maximum atomic E-state index is 14.0. The Morgan fingerprint density at radius 3 is 2.61 bits per heavy atom. The Hall–Kier alpha value is -3.12. The van der Waals surface area contributed by atoms with Gasteiger partial charge in [-0.25, -0.2) is 29.2 Å². The number of aromatic nitrogens is 4. The number of nitrogens with one attached hydrogen (secondary N) is 1. The summed E-state index contributed by atoms with van der Waals surface area (Å²) in [4.78, 5) is 25.1. The standard InChI is InChI=1S/C22H28FN6O6P/c1-14(2)34-21(30)22(9-32-10-22)28-36(31,35-17-6-4-16(23)5-7-17)13-33-15(3)8-29-12-27-18-19(24)25-11-26-20(18)29/h4-7,11-12,14-15H,8-10,13H2,1-3H3,(H,28,31)(H2,24,25,26)/t15-,36+/m1/s1. The molecular formula is C22H28FN6O6P. The van der Waals surface area contributed by atoms with E-state index in [2.05, 4.69) is 20.0 Å². The average Bonchev–Trinajstić information content (AvgIpc) is 3.20. The van der Waals surface area contributed by atoms with E-state index in [9.17, 15) is 13.8 Å². The van der Waals surface area contributed by atoms with Crippen LogP contribution in [0.4, 0.5) is 10.2 Å². The van der Waals surface area contributed by atoms with Crippen molar-refractivity contribution >= 4 is 30.5 Å². The molecule has 0 amide bonds. The van der Waals surface area contributed by atoms with Crippen LogP contribution in [0.3, 0.4) is 0 Å². The number of nitrogens with zero attached hydrogens (tertiary/aromatic N) is 4. The SMILES string of the molecule is CC(C)OC(=O)C1(N[P@](=O)(CO[C@H](C)Cn2cnc3c(N)ncnc32)Oc2ccc(F)cc2)COC1. The monoisotopic (exact) mass is 522 g/mol. The molecule has 3 heterocycles. The van der Waals surface area contributed by atoms with Gasteiger partial charge in [0.05, 0.1) is 38.3 Å². The van der Waals surface area contributed by atoms with Crippen molar-refractivity contribution < 1.29 is 32.5 Å². The highest BCUT2D eigenvalue weighted by molar-refractivity contribution is 7.57. The molecule has 1 aromatic carbocycles. The van der Waals surface area contributed by atoms with E-state index in [1.165, 1.54) is 30.6 Å². The quantitative estimate of drug-likeness (QED) is 0.282. The molecule has 0 spiro atoms. The molecule has 194 valence electrons. The average molecular weight is 522 g/mol. The van der Waals surface area contributed by atoms with Gasteiger partial charge in [0.2, 0.25) is 0 Å². The first-order valence-corrected chi connectivity index (χ1v) is 13.1. The summed E-state index contributed by atoms with van der Waals surface area (Å²) >= 11 is 0. The molecule has 36 heavy (non-hydrogen) atoms. The zero-order chi connectivity index (χ0) is 25.9. The van der Waals surface area contributed by atoms with E-state index in [1.54, 1.807) is 31.7 Å². The fourth-order valence-corrected chi connectivity index (χ4v) is 5.47. The molecule has 3 N–H and O–H groups in total. The highest BCUT2D eigenvalue weighted by Gasteiger charge is 2.52. The molecule has 2 aromatic heterocycles. The predicted molar refractivity (Wildman–Crippen MR) is 128 cm³/mol. The summed E-state index contributed by atoms with van der Waals surface area (Å²) in [5.74, 6) is -0.683. The van der Waals surface area contributed by atoms with E-state index in [0.717, 1.165) is 0 Å². The van der Waals surface area contributed by atoms with Crippen LogP contribution >= 0.6 is 7.52 Å². The molecule has 0 radical (unpaired) electrons. The minimum atomic E-state index is -3.89. The number of nitrogen functional groups attached to an aromatic ring is 1. The number of ether oxygens (including phenoxy) is 3. The molecule has 2 atom stereocenters. The topological polar surface area (TPSA) is 153 Å². The summed E-state index contributed by atoms with van der Waals surface area (Å²) in [6.07, 6.45) is 1.65. The summed E-state index contributed by atoms with van der Waals surface area (Å²) in [5, 5.41) is 2.82. The fraction of sp³-hybridized carbons (Fsp3) is 0.455. The molecule has 1 fully saturated rings. The number of esters is 1. The first-order chi connectivity index (χ1) is 17.1. The maximum absolute atomic E-state index is 14.0. The van der Waals surface area contributed by atoms with Crippen LogP contribution in [0, 0.1) is 5.82 Å². The van der Waals surface area contributed by atoms with Crippen molar-refractivity contribution in [1.29, 1.82) is 0 Å². The van der Waals surface area contributed by atoms with Crippen LogP contribution in [-0.2, 0) is 30.1 Å². The third-order valence-corrected chi connectivity index (χ3v) is 7.06. The van der Waals surface area contributed by atoms with E-state index in [-0.39, 0.29) is 30.9 Å². The second-order valence-electron chi connectivity index (χ2n) is 8.79. The second kappa shape index (κ2) is 10.5. The third kappa shape index (κ3) is 5.81. The molecule has 0 aliphatic carbocycles. The minimum Gasteiger partial charge on any atom is -0.461 e. The number of carbonyl (C=O) groups is 1. The lowest BCUT2D eigenvalue weighted by Crippen LogP contribution is -2.65. The third-order valence-electron chi connectivity index (χ3n) is 5.29. The fourth-order valence-electron chi connectivity index (χ4n) is 3.52. The van der Waals surface area contributed by atoms with Crippen molar-refractivity contribution in [3.63, 3.8) is 0 Å². The molecule has 1 saturated heterocycles. The van der Waals surface area contributed by atoms with Crippen LogP contribution < -0.4 is 15.3 Å². The van der Waals surface area contributed by atoms with Gasteiger partial charge < -0.3 is 29.0 Å². The maximum Gasteiger partial charge on any atom is 0.343 e. The lowest BCUT2D eigenvalue weighted by molar-refractivity contribution is -0.174. The largest absolute Gasteiger partial charge is 0.461 e. The molecule has 0 unspecified atom stereocenters. The van der Waals surface area contributed by atoms with Crippen LogP contribution in [0.25, 0.3) is 11.2 Å². The number of imidazole rings is 1. The second-order valence-corrected chi connectivity index (χ2v) is 10.8. The number of halogens is 1. The molecule has 12 nitrogen and oxygen atoms in total. The molecule has 3 aromatic rings. The number of carbonyl (C=O) groups excluding carboxylic acids is 1. The van der Waals surface area contributed by atoms with E-state index in [1.807, 2.05) is 0 Å². The molecule has 0 bridgehead atoms. The Morgan fingerprint density at radius 2 is 1.97 bits per heavy atom. The normalized spacial score (nSPS) is 17.4. The Labute approximate surface area is 206 Å². The summed E-state index contributed by atoms with van der Waals surface area (Å²) < 4.78 is 51.3. The number of hydrogen-bond acceptors (Lipinski definition) is 10. The summed E-state index contributed by atoms with van der Waals surface area (Å²) in [6.45, 7) is 5.41. The Bertz CT molecular complexity index is 1270. The van der Waals surface area contributed by atoms with Gasteiger partial charge in [-0.1, -0.05) is 0 Å². The number of nitrogens with two attached hydrogens (primary N) is 1. The van der Waals surface area contributed by atoms with Gasteiger partial charge in [0.25, 0.3) is 0 Å². The van der Waals surface area contributed by atoms with E-state index in [0.29, 0.717) is 17.7 Å². The molecule has 0 saturated carbocycles. The number of fused-ring (bicyclic) bond motifs is 1. The number of rotatable bonds is 11. The highest BCUT2D eigenvalue weighted by atomic mass is 31.2. The highest BCUT2D eigenvalue weighted by Crippen LogP contribution is 2.47. The predicted octanol–water partition coefficient (Wildman–Crippen LogP) is 2.49. The lowest BCUT2D eigenvalue weighted by atomic mass is 10.00. The lowest BCUT2D eigenvalue weighted by Gasteiger charge is -2.41. The Balaban J connectivity index is 1.50. The molecule has 4 rings (SSSR count). The van der Waals surface area contributed by atoms with Gasteiger partial charge >= 0.3 is 13.5 Å². The van der Waals surface area contributed by atoms with Crippen molar-refractivity contribution in [1.82, 2.24) is 24.6 Å². The minimum absolute atomic E-state index is 0.0486. The van der Waals surface area contributed by atoms with Crippen LogP contribution in [0.2, 0.25) is 0 Å². The molecular weight excluding hydrogens is 494 g/mol. The Morgan fingerprint density at radius 1 is 1.25 bits per heavy atom. The van der Waals surface area contributed by atoms with Crippen molar-refractivity contribution in [2.24, 2.45) is 0 Å². The zero-order valence-corrected chi connectivity index (χ0v) is 21.0. The summed E-state index contributed by atoms with van der Waals surface area (Å²) in [6, 6.07) is 5.03. The van der Waals surface area contributed by atoms with E-state index < -0.39 is 37.3 Å². The Kier molecular flexibility index (Phi) is 7.55. The number of benzene rings is 1. The van der Waals surface area contributed by atoms with Gasteiger partial charge in [0, 0.05) is 0 Å². The van der Waals surface area contributed by atoms with Gasteiger partial charge in [-0.05, 0) is 45.0 Å². The number of anilines is 1.